The number of aromatic nitrogens is 3. The minimum Gasteiger partial charge on any atom is -0.354 e. The van der Waals surface area contributed by atoms with Crippen molar-refractivity contribution in [2.45, 2.75) is 6.42 Å². The van der Waals surface area contributed by atoms with E-state index in [0.717, 1.165) is 61.1 Å². The van der Waals surface area contributed by atoms with Crippen LogP contribution in [0.3, 0.4) is 0 Å². The van der Waals surface area contributed by atoms with E-state index in [2.05, 4.69) is 54.6 Å². The van der Waals surface area contributed by atoms with Crippen LogP contribution >= 0.6 is 0 Å². The van der Waals surface area contributed by atoms with Crippen molar-refractivity contribution in [3.05, 3.63) is 84.1 Å². The third kappa shape index (κ3) is 3.95. The van der Waals surface area contributed by atoms with Crippen LogP contribution in [0.25, 0.3) is 22.5 Å². The summed E-state index contributed by atoms with van der Waals surface area (Å²) in [5.74, 6) is 1.01. The molecule has 3 heterocycles. The van der Waals surface area contributed by atoms with Crippen molar-refractivity contribution in [2.75, 3.05) is 42.9 Å². The van der Waals surface area contributed by atoms with E-state index in [0.29, 0.717) is 6.54 Å². The number of H-pyrrole nitrogens is 1. The van der Waals surface area contributed by atoms with E-state index < -0.39 is 0 Å². The zero-order chi connectivity index (χ0) is 22.9. The monoisotopic (exact) mass is 450 g/mol. The number of piperazine rings is 1. The van der Waals surface area contributed by atoms with Gasteiger partial charge in [0.05, 0.1) is 17.9 Å². The Kier molecular flexibility index (Phi) is 5.31. The first-order chi connectivity index (χ1) is 16.7. The normalized spacial score (nSPS) is 15.1. The van der Waals surface area contributed by atoms with Crippen molar-refractivity contribution in [1.29, 1.82) is 0 Å². The lowest BCUT2D eigenvalue weighted by molar-refractivity contribution is -0.117. The van der Waals surface area contributed by atoms with Gasteiger partial charge in [-0.1, -0.05) is 42.5 Å². The van der Waals surface area contributed by atoms with Gasteiger partial charge in [0, 0.05) is 61.2 Å². The fraction of sp³-hybridized carbons (Fsp3) is 0.222. The number of hydrogen-bond donors (Lipinski definition) is 2. The molecule has 0 unspecified atom stereocenters. The Bertz CT molecular complexity index is 1310. The molecule has 4 aromatic rings. The second-order valence-corrected chi connectivity index (χ2v) is 8.84. The second-order valence-electron chi connectivity index (χ2n) is 8.84. The van der Waals surface area contributed by atoms with Gasteiger partial charge in [-0.3, -0.25) is 14.8 Å². The number of carbonyl (C=O) groups is 1. The maximum Gasteiger partial charge on any atom is 0.238 e. The number of hydrogen-bond acceptors (Lipinski definition) is 5. The van der Waals surface area contributed by atoms with Crippen molar-refractivity contribution in [3.8, 4) is 22.5 Å². The molecule has 1 saturated heterocycles. The lowest BCUT2D eigenvalue weighted by atomic mass is 10.1. The first-order valence-corrected chi connectivity index (χ1v) is 11.7. The summed E-state index contributed by atoms with van der Waals surface area (Å²) in [7, 11) is 0. The van der Waals surface area contributed by atoms with Gasteiger partial charge in [0.25, 0.3) is 0 Å². The number of amides is 1. The average molecular weight is 451 g/mol. The van der Waals surface area contributed by atoms with Gasteiger partial charge in [-0.25, -0.2) is 4.98 Å². The fourth-order valence-corrected chi connectivity index (χ4v) is 4.90. The molecule has 7 heteroatoms. The number of pyridine rings is 1. The summed E-state index contributed by atoms with van der Waals surface area (Å²) in [6.07, 6.45) is 2.71. The molecule has 2 N–H and O–H groups in total. The molecule has 34 heavy (non-hydrogen) atoms. The Morgan fingerprint density at radius 1 is 0.941 bits per heavy atom. The SMILES string of the molecule is O=C(CN1CCN(c2ccccn2)CC1)Nc1ccc(-c2n[nH]c3c2Cc2ccccc2-3)cc1. The zero-order valence-electron chi connectivity index (χ0n) is 18.9. The van der Waals surface area contributed by atoms with Crippen LogP contribution in [0.5, 0.6) is 0 Å². The van der Waals surface area contributed by atoms with Crippen LogP contribution in [0.15, 0.2) is 72.9 Å². The quantitative estimate of drug-likeness (QED) is 0.426. The van der Waals surface area contributed by atoms with Gasteiger partial charge in [0.15, 0.2) is 0 Å². The molecular formula is C27H26N6O. The molecule has 2 aromatic heterocycles. The highest BCUT2D eigenvalue weighted by atomic mass is 16.2. The Morgan fingerprint density at radius 3 is 2.53 bits per heavy atom. The van der Waals surface area contributed by atoms with Crippen molar-refractivity contribution in [1.82, 2.24) is 20.1 Å². The molecule has 1 aliphatic heterocycles. The molecule has 2 aromatic carbocycles. The van der Waals surface area contributed by atoms with Crippen LogP contribution in [-0.4, -0.2) is 58.7 Å². The molecule has 1 aliphatic carbocycles. The maximum absolute atomic E-state index is 12.6. The van der Waals surface area contributed by atoms with E-state index >= 15 is 0 Å². The number of aromatic amines is 1. The van der Waals surface area contributed by atoms with E-state index in [1.165, 1.54) is 16.7 Å². The van der Waals surface area contributed by atoms with E-state index in [-0.39, 0.29) is 5.91 Å². The molecule has 1 fully saturated rings. The standard InChI is InChI=1S/C27H26N6O/c34-25(18-32-13-15-33(16-14-32)24-7-3-4-12-28-24)29-21-10-8-19(9-11-21)26-23-17-20-5-1-2-6-22(20)27(23)31-30-26/h1-12H,13-18H2,(H,29,34)(H,30,31). The third-order valence-electron chi connectivity index (χ3n) is 6.68. The van der Waals surface area contributed by atoms with Crippen molar-refractivity contribution in [3.63, 3.8) is 0 Å². The van der Waals surface area contributed by atoms with E-state index in [1.54, 1.807) is 0 Å². The van der Waals surface area contributed by atoms with Crippen LogP contribution < -0.4 is 10.2 Å². The third-order valence-corrected chi connectivity index (χ3v) is 6.68. The molecule has 6 rings (SSSR count). The van der Waals surface area contributed by atoms with E-state index in [4.69, 9.17) is 0 Å². The predicted molar refractivity (Wildman–Crippen MR) is 134 cm³/mol. The minimum absolute atomic E-state index is 0.00940. The molecular weight excluding hydrogens is 424 g/mol. The lowest BCUT2D eigenvalue weighted by Crippen LogP contribution is -2.48. The summed E-state index contributed by atoms with van der Waals surface area (Å²) in [5, 5.41) is 10.8. The summed E-state index contributed by atoms with van der Waals surface area (Å²) >= 11 is 0. The lowest BCUT2D eigenvalue weighted by Gasteiger charge is -2.34. The topological polar surface area (TPSA) is 77.2 Å². The summed E-state index contributed by atoms with van der Waals surface area (Å²) in [5.41, 5.74) is 7.76. The number of benzene rings is 2. The second kappa shape index (κ2) is 8.76. The van der Waals surface area contributed by atoms with Gasteiger partial charge >= 0.3 is 0 Å². The molecule has 7 nitrogen and oxygen atoms in total. The number of carbonyl (C=O) groups excluding carboxylic acids is 1. The summed E-state index contributed by atoms with van der Waals surface area (Å²) in [6, 6.07) is 22.4. The summed E-state index contributed by atoms with van der Waals surface area (Å²) < 4.78 is 0. The highest BCUT2D eigenvalue weighted by molar-refractivity contribution is 5.92. The fourth-order valence-electron chi connectivity index (χ4n) is 4.90. The van der Waals surface area contributed by atoms with Gasteiger partial charge in [-0.05, 0) is 29.8 Å². The van der Waals surface area contributed by atoms with Crippen LogP contribution in [-0.2, 0) is 11.2 Å². The number of nitrogens with zero attached hydrogens (tertiary/aromatic N) is 4. The summed E-state index contributed by atoms with van der Waals surface area (Å²) in [4.78, 5) is 21.5. The van der Waals surface area contributed by atoms with E-state index in [1.807, 2.05) is 48.7 Å². The Labute approximate surface area is 198 Å². The molecule has 0 bridgehead atoms. The Balaban J connectivity index is 1.05. The number of fused-ring (bicyclic) bond motifs is 3. The Hall–Kier alpha value is -3.97. The van der Waals surface area contributed by atoms with Gasteiger partial charge in [-0.15, -0.1) is 0 Å². The van der Waals surface area contributed by atoms with Crippen LogP contribution in [0.2, 0.25) is 0 Å². The molecule has 170 valence electrons. The summed E-state index contributed by atoms with van der Waals surface area (Å²) in [6.45, 7) is 3.82. The zero-order valence-corrected chi connectivity index (χ0v) is 18.9. The van der Waals surface area contributed by atoms with Gasteiger partial charge < -0.3 is 10.2 Å². The van der Waals surface area contributed by atoms with E-state index in [9.17, 15) is 4.79 Å². The number of nitrogens with one attached hydrogen (secondary N) is 2. The average Bonchev–Trinajstić information content (AvgIpc) is 3.45. The number of anilines is 2. The highest BCUT2D eigenvalue weighted by Crippen LogP contribution is 2.39. The van der Waals surface area contributed by atoms with Gasteiger partial charge in [-0.2, -0.15) is 5.10 Å². The molecule has 0 atom stereocenters. The van der Waals surface area contributed by atoms with Gasteiger partial charge in [0.1, 0.15) is 5.82 Å². The Morgan fingerprint density at radius 2 is 1.74 bits per heavy atom. The first kappa shape index (κ1) is 20.6. The molecule has 1 amide bonds. The maximum atomic E-state index is 12.6. The predicted octanol–water partition coefficient (Wildman–Crippen LogP) is 3.80. The molecule has 2 aliphatic rings. The van der Waals surface area contributed by atoms with Gasteiger partial charge in [0.2, 0.25) is 5.91 Å². The van der Waals surface area contributed by atoms with Crippen molar-refractivity contribution >= 4 is 17.4 Å². The highest BCUT2D eigenvalue weighted by Gasteiger charge is 2.24. The van der Waals surface area contributed by atoms with Crippen LogP contribution in [0.1, 0.15) is 11.1 Å². The largest absolute Gasteiger partial charge is 0.354 e. The smallest absolute Gasteiger partial charge is 0.238 e. The first-order valence-electron chi connectivity index (χ1n) is 11.7. The number of rotatable bonds is 5. The van der Waals surface area contributed by atoms with Crippen LogP contribution in [0, 0.1) is 0 Å². The molecule has 0 spiro atoms. The molecule has 0 radical (unpaired) electrons. The van der Waals surface area contributed by atoms with Crippen molar-refractivity contribution < 1.29 is 4.79 Å². The minimum atomic E-state index is 0.00940. The van der Waals surface area contributed by atoms with Crippen LogP contribution in [0.4, 0.5) is 11.5 Å². The van der Waals surface area contributed by atoms with Crippen molar-refractivity contribution in [2.24, 2.45) is 0 Å². The molecule has 0 saturated carbocycles.